The summed E-state index contributed by atoms with van der Waals surface area (Å²) in [4.78, 5) is 34.1. The second-order valence-corrected chi connectivity index (χ2v) is 11.8. The van der Waals surface area contributed by atoms with Crippen LogP contribution in [0.15, 0.2) is 43.1 Å². The largest absolute Gasteiger partial charge is 0.393 e. The molecule has 2 aromatic heterocycles. The van der Waals surface area contributed by atoms with Crippen molar-refractivity contribution in [1.82, 2.24) is 24.9 Å². The van der Waals surface area contributed by atoms with Gasteiger partial charge in [-0.3, -0.25) is 9.59 Å². The van der Waals surface area contributed by atoms with E-state index in [1.807, 2.05) is 30.5 Å². The molecule has 2 fully saturated rings. The van der Waals surface area contributed by atoms with Crippen molar-refractivity contribution < 1.29 is 14.7 Å². The summed E-state index contributed by atoms with van der Waals surface area (Å²) in [6.07, 6.45) is 9.30. The maximum atomic E-state index is 13.0. The van der Waals surface area contributed by atoms with Crippen molar-refractivity contribution >= 4 is 35.0 Å². The predicted octanol–water partition coefficient (Wildman–Crippen LogP) is 4.37. The van der Waals surface area contributed by atoms with Gasteiger partial charge < -0.3 is 26.4 Å². The smallest absolute Gasteiger partial charge is 0.243 e. The van der Waals surface area contributed by atoms with E-state index < -0.39 is 0 Å². The molecule has 0 aliphatic heterocycles. The summed E-state index contributed by atoms with van der Waals surface area (Å²) < 4.78 is 1.73. The van der Waals surface area contributed by atoms with Crippen LogP contribution in [-0.4, -0.2) is 54.7 Å². The van der Waals surface area contributed by atoms with Gasteiger partial charge in [-0.05, 0) is 81.1 Å². The summed E-state index contributed by atoms with van der Waals surface area (Å²) in [7, 11) is 0. The first-order valence-electron chi connectivity index (χ1n) is 15.1. The van der Waals surface area contributed by atoms with Crippen LogP contribution in [0.25, 0.3) is 5.65 Å². The number of anilines is 3. The Kier molecular flexibility index (Phi) is 9.36. The highest BCUT2D eigenvalue weighted by Gasteiger charge is 2.27. The predicted molar refractivity (Wildman–Crippen MR) is 163 cm³/mol. The molecule has 5 rings (SSSR count). The monoisotopic (exact) mass is 574 g/mol. The van der Waals surface area contributed by atoms with E-state index >= 15 is 0 Å². The van der Waals surface area contributed by atoms with Gasteiger partial charge in [0.15, 0.2) is 5.65 Å². The van der Waals surface area contributed by atoms with E-state index in [-0.39, 0.29) is 41.8 Å². The molecule has 2 aliphatic carbocycles. The summed E-state index contributed by atoms with van der Waals surface area (Å²) in [6.45, 7) is 8.20. The topological polar surface area (TPSA) is 146 Å². The van der Waals surface area contributed by atoms with Gasteiger partial charge in [-0.15, -0.1) is 0 Å². The molecule has 2 heterocycles. The lowest BCUT2D eigenvalue weighted by molar-refractivity contribution is -0.121. The number of amides is 2. The van der Waals surface area contributed by atoms with Crippen molar-refractivity contribution in [2.75, 3.05) is 16.0 Å². The van der Waals surface area contributed by atoms with E-state index in [1.165, 1.54) is 6.08 Å². The van der Waals surface area contributed by atoms with Crippen molar-refractivity contribution in [3.8, 4) is 0 Å². The highest BCUT2D eigenvalue weighted by Crippen LogP contribution is 2.27. The Bertz CT molecular complexity index is 1410. The molecule has 0 radical (unpaired) electrons. The minimum Gasteiger partial charge on any atom is -0.393 e. The van der Waals surface area contributed by atoms with Gasteiger partial charge in [0.2, 0.25) is 23.7 Å². The quantitative estimate of drug-likeness (QED) is 0.224. The second kappa shape index (κ2) is 13.3. The van der Waals surface area contributed by atoms with Crippen LogP contribution in [0.2, 0.25) is 0 Å². The molecule has 0 bridgehead atoms. The number of aliphatic hydroxyl groups excluding tert-OH is 1. The minimum atomic E-state index is -0.299. The molecule has 2 atom stereocenters. The zero-order valence-corrected chi connectivity index (χ0v) is 24.5. The Morgan fingerprint density at radius 2 is 1.93 bits per heavy atom. The van der Waals surface area contributed by atoms with Crippen molar-refractivity contribution in [3.05, 3.63) is 54.2 Å². The molecule has 2 unspecified atom stereocenters. The molecule has 3 aromatic rings. The van der Waals surface area contributed by atoms with Gasteiger partial charge in [-0.2, -0.15) is 19.6 Å². The lowest BCUT2D eigenvalue weighted by Gasteiger charge is -2.28. The summed E-state index contributed by atoms with van der Waals surface area (Å²) in [5, 5.41) is 27.6. The first kappa shape index (κ1) is 29.5. The Morgan fingerprint density at radius 3 is 2.67 bits per heavy atom. The van der Waals surface area contributed by atoms with Crippen LogP contribution >= 0.6 is 0 Å². The number of carbonyl (C=O) groups is 2. The molecule has 2 aliphatic rings. The third-order valence-electron chi connectivity index (χ3n) is 8.27. The summed E-state index contributed by atoms with van der Waals surface area (Å²) in [6, 6.07) is 8.00. The van der Waals surface area contributed by atoms with Crippen molar-refractivity contribution in [2.24, 2.45) is 5.92 Å². The molecule has 11 nitrogen and oxygen atoms in total. The lowest BCUT2D eigenvalue weighted by atomic mass is 9.85. The number of rotatable bonds is 10. The number of aliphatic hydroxyl groups is 1. The van der Waals surface area contributed by atoms with Crippen molar-refractivity contribution in [2.45, 2.75) is 95.9 Å². The van der Waals surface area contributed by atoms with Gasteiger partial charge in [0.05, 0.1) is 12.3 Å². The van der Waals surface area contributed by atoms with Gasteiger partial charge in [0.1, 0.15) is 0 Å². The molecule has 2 amide bonds. The van der Waals surface area contributed by atoms with E-state index in [4.69, 9.17) is 9.97 Å². The van der Waals surface area contributed by atoms with E-state index in [9.17, 15) is 14.7 Å². The third-order valence-corrected chi connectivity index (χ3v) is 8.27. The fourth-order valence-corrected chi connectivity index (χ4v) is 5.90. The number of nitrogens with one attached hydrogen (secondary N) is 4. The first-order valence-corrected chi connectivity index (χ1v) is 15.1. The van der Waals surface area contributed by atoms with Gasteiger partial charge in [0, 0.05) is 35.8 Å². The Morgan fingerprint density at radius 1 is 1.12 bits per heavy atom. The average molecular weight is 575 g/mol. The van der Waals surface area contributed by atoms with Crippen LogP contribution in [0.1, 0.15) is 82.3 Å². The van der Waals surface area contributed by atoms with Gasteiger partial charge in [-0.25, -0.2) is 0 Å². The van der Waals surface area contributed by atoms with E-state index in [2.05, 4.69) is 46.8 Å². The molecule has 1 aromatic carbocycles. The maximum Gasteiger partial charge on any atom is 0.243 e. The molecule has 0 saturated heterocycles. The van der Waals surface area contributed by atoms with Gasteiger partial charge in [0.25, 0.3) is 0 Å². The normalized spacial score (nSPS) is 22.5. The minimum absolute atomic E-state index is 0.00687. The Hall–Kier alpha value is -3.99. The maximum absolute atomic E-state index is 13.0. The number of fused-ring (bicyclic) bond motifs is 1. The van der Waals surface area contributed by atoms with Crippen LogP contribution in [0.4, 0.5) is 17.6 Å². The van der Waals surface area contributed by atoms with E-state index in [1.54, 1.807) is 4.52 Å². The molecule has 5 N–H and O–H groups in total. The second-order valence-electron chi connectivity index (χ2n) is 11.8. The van der Waals surface area contributed by atoms with Crippen LogP contribution in [0.5, 0.6) is 0 Å². The molecule has 2 saturated carbocycles. The zero-order valence-electron chi connectivity index (χ0n) is 24.5. The summed E-state index contributed by atoms with van der Waals surface area (Å²) in [5.41, 5.74) is 3.51. The molecule has 224 valence electrons. The summed E-state index contributed by atoms with van der Waals surface area (Å²) >= 11 is 0. The Balaban J connectivity index is 1.24. The van der Waals surface area contributed by atoms with Crippen LogP contribution in [-0.2, 0) is 16.1 Å². The van der Waals surface area contributed by atoms with Crippen LogP contribution in [0, 0.1) is 5.92 Å². The molecule has 42 heavy (non-hydrogen) atoms. The third kappa shape index (κ3) is 7.25. The fraction of sp³-hybridized carbons (Fsp3) is 0.516. The standard InChI is InChI=1S/C31H42N8O3/c1-4-27(41)34-22-13-11-21(12-14-22)29(42)35-23-8-5-7-20(15-23)17-32-31-38-30(36-24-9-6-10-25(40)16-24)37-28-26(19(2)3)18-33-39(28)31/h4-5,7-8,15,18-19,21-22,24-25,40H,1,6,9-14,16-17H2,2-3H3,(H,34,41)(H,35,42)(H2,32,36,37,38). The number of hydrogen-bond acceptors (Lipinski definition) is 8. The SMILES string of the molecule is C=CC(=O)NC1CCC(C(=O)Nc2cccc(CNc3nc(NC4CCCC(O)C4)nc4c(C(C)C)cnn34)c2)CC1. The fourth-order valence-electron chi connectivity index (χ4n) is 5.90. The highest BCUT2D eigenvalue weighted by molar-refractivity contribution is 5.92. The van der Waals surface area contributed by atoms with Gasteiger partial charge >= 0.3 is 0 Å². The van der Waals surface area contributed by atoms with Crippen molar-refractivity contribution in [1.29, 1.82) is 0 Å². The zero-order chi connectivity index (χ0) is 29.6. The molecular weight excluding hydrogens is 532 g/mol. The number of hydrogen-bond donors (Lipinski definition) is 5. The van der Waals surface area contributed by atoms with E-state index in [0.29, 0.717) is 24.9 Å². The van der Waals surface area contributed by atoms with Gasteiger partial charge in [-0.1, -0.05) is 32.6 Å². The highest BCUT2D eigenvalue weighted by atomic mass is 16.3. The summed E-state index contributed by atoms with van der Waals surface area (Å²) in [5.74, 6) is 1.10. The van der Waals surface area contributed by atoms with Crippen molar-refractivity contribution in [3.63, 3.8) is 0 Å². The molecule has 0 spiro atoms. The number of carbonyl (C=O) groups excluding carboxylic acids is 2. The average Bonchev–Trinajstić information content (AvgIpc) is 3.41. The van der Waals surface area contributed by atoms with Crippen LogP contribution < -0.4 is 21.3 Å². The Labute approximate surface area is 246 Å². The molecular formula is C31H42N8O3. The number of benzene rings is 1. The number of nitrogens with zero attached hydrogens (tertiary/aromatic N) is 4. The van der Waals surface area contributed by atoms with Crippen LogP contribution in [0.3, 0.4) is 0 Å². The lowest BCUT2D eigenvalue weighted by Crippen LogP contribution is -2.38. The first-order chi connectivity index (χ1) is 20.3. The van der Waals surface area contributed by atoms with E-state index in [0.717, 1.165) is 67.4 Å². The molecule has 11 heteroatoms. The number of aromatic nitrogens is 4.